The van der Waals surface area contributed by atoms with Gasteiger partial charge in [-0.25, -0.2) is 0 Å². The fourth-order valence-corrected chi connectivity index (χ4v) is 5.04. The molecule has 0 atom stereocenters. The van der Waals surface area contributed by atoms with E-state index in [-0.39, 0.29) is 62.2 Å². The SMILES string of the molecule is CCc1cc(Cl)c(N=Nc2c([O-])c(C(=O)Nc3cccc(OC)c3Cl)cc3ccccc23)c(S(=O)(=O)O)c1.[Na+]. The summed E-state index contributed by atoms with van der Waals surface area (Å²) in [5, 5.41) is 24.9. The Morgan fingerprint density at radius 3 is 2.41 bits per heavy atom. The van der Waals surface area contributed by atoms with Crippen LogP contribution in [0.15, 0.2) is 75.8 Å². The Kier molecular flexibility index (Phi) is 10.0. The first kappa shape index (κ1) is 30.8. The van der Waals surface area contributed by atoms with Crippen LogP contribution >= 0.6 is 23.2 Å². The molecule has 0 radical (unpaired) electrons. The van der Waals surface area contributed by atoms with Crippen LogP contribution in [0.1, 0.15) is 22.8 Å². The zero-order valence-corrected chi connectivity index (χ0v) is 25.4. The number of benzene rings is 4. The third kappa shape index (κ3) is 6.55. The number of carbonyl (C=O) groups excluding carboxylic acids is 1. The van der Waals surface area contributed by atoms with E-state index >= 15 is 0 Å². The zero-order valence-electron chi connectivity index (χ0n) is 21.0. The molecule has 0 unspecified atom stereocenters. The van der Waals surface area contributed by atoms with Crippen LogP contribution < -0.4 is 44.7 Å². The maximum absolute atomic E-state index is 13.4. The number of anilines is 1. The fraction of sp³-hybridized carbons (Fsp3) is 0.115. The summed E-state index contributed by atoms with van der Waals surface area (Å²) in [4.78, 5) is 12.6. The average molecular weight is 596 g/mol. The number of amides is 1. The van der Waals surface area contributed by atoms with Crippen molar-refractivity contribution in [3.63, 3.8) is 0 Å². The first-order chi connectivity index (χ1) is 18.0. The third-order valence-electron chi connectivity index (χ3n) is 5.68. The number of carbonyl (C=O) groups is 1. The van der Waals surface area contributed by atoms with Gasteiger partial charge in [0.25, 0.3) is 16.0 Å². The number of nitrogens with one attached hydrogen (secondary N) is 1. The van der Waals surface area contributed by atoms with Gasteiger partial charge in [-0.3, -0.25) is 9.35 Å². The number of nitrogens with zero attached hydrogens (tertiary/aromatic N) is 2. The number of ether oxygens (including phenoxy) is 1. The predicted molar refractivity (Wildman–Crippen MR) is 144 cm³/mol. The number of azo groups is 1. The van der Waals surface area contributed by atoms with Crippen molar-refractivity contribution in [2.75, 3.05) is 12.4 Å². The normalized spacial score (nSPS) is 11.4. The number of hydrogen-bond donors (Lipinski definition) is 2. The van der Waals surface area contributed by atoms with Crippen LogP contribution in [-0.4, -0.2) is 26.0 Å². The second kappa shape index (κ2) is 12.6. The van der Waals surface area contributed by atoms with E-state index in [9.17, 15) is 22.9 Å². The molecule has 0 bridgehead atoms. The fourth-order valence-electron chi connectivity index (χ4n) is 3.76. The van der Waals surface area contributed by atoms with Crippen LogP contribution in [0.2, 0.25) is 10.0 Å². The molecule has 0 saturated heterocycles. The molecular formula is C26H20Cl2N3NaO6S. The molecule has 0 aromatic heterocycles. The van der Waals surface area contributed by atoms with Crippen molar-refractivity contribution in [1.82, 2.24) is 0 Å². The van der Waals surface area contributed by atoms with E-state index in [1.807, 2.05) is 0 Å². The number of rotatable bonds is 7. The van der Waals surface area contributed by atoms with Gasteiger partial charge in [0.2, 0.25) is 0 Å². The Labute approximate surface area is 256 Å². The van der Waals surface area contributed by atoms with Gasteiger partial charge in [0, 0.05) is 10.9 Å². The van der Waals surface area contributed by atoms with Crippen LogP contribution in [0, 0.1) is 0 Å². The minimum Gasteiger partial charge on any atom is -0.870 e. The third-order valence-corrected chi connectivity index (χ3v) is 7.22. The van der Waals surface area contributed by atoms with E-state index in [2.05, 4.69) is 15.5 Å². The van der Waals surface area contributed by atoms with Crippen molar-refractivity contribution < 1.29 is 57.2 Å². The van der Waals surface area contributed by atoms with Crippen LogP contribution in [-0.2, 0) is 16.5 Å². The predicted octanol–water partition coefficient (Wildman–Crippen LogP) is 3.71. The summed E-state index contributed by atoms with van der Waals surface area (Å²) in [6.07, 6.45) is 0.448. The molecule has 0 saturated carbocycles. The average Bonchev–Trinajstić information content (AvgIpc) is 2.88. The summed E-state index contributed by atoms with van der Waals surface area (Å²) in [5.74, 6) is -1.18. The molecule has 4 aromatic carbocycles. The zero-order chi connectivity index (χ0) is 27.6. The minimum absolute atomic E-state index is 0. The van der Waals surface area contributed by atoms with Crippen LogP contribution in [0.3, 0.4) is 0 Å². The van der Waals surface area contributed by atoms with Gasteiger partial charge in [0.05, 0.1) is 23.5 Å². The second-order valence-corrected chi connectivity index (χ2v) is 10.2. The maximum Gasteiger partial charge on any atom is 1.00 e. The van der Waals surface area contributed by atoms with E-state index in [0.29, 0.717) is 28.5 Å². The van der Waals surface area contributed by atoms with Gasteiger partial charge in [-0.1, -0.05) is 66.2 Å². The van der Waals surface area contributed by atoms with E-state index in [0.717, 1.165) is 0 Å². The Morgan fingerprint density at radius 2 is 1.74 bits per heavy atom. The molecule has 0 fully saturated rings. The van der Waals surface area contributed by atoms with Crippen molar-refractivity contribution in [1.29, 1.82) is 0 Å². The maximum atomic E-state index is 13.4. The van der Waals surface area contributed by atoms with E-state index < -0.39 is 26.7 Å². The Hall–Kier alpha value is -2.70. The molecule has 4 rings (SSSR count). The molecule has 1 amide bonds. The quantitative estimate of drug-likeness (QED) is 0.189. The number of fused-ring (bicyclic) bond motifs is 1. The molecule has 13 heteroatoms. The smallest absolute Gasteiger partial charge is 0.870 e. The molecule has 4 aromatic rings. The number of methoxy groups -OCH3 is 1. The molecular weight excluding hydrogens is 576 g/mol. The van der Waals surface area contributed by atoms with E-state index in [1.165, 1.54) is 25.3 Å². The van der Waals surface area contributed by atoms with Crippen molar-refractivity contribution in [2.24, 2.45) is 10.2 Å². The topological polar surface area (TPSA) is 140 Å². The van der Waals surface area contributed by atoms with Crippen LogP contribution in [0.25, 0.3) is 10.8 Å². The van der Waals surface area contributed by atoms with Gasteiger partial charge < -0.3 is 15.2 Å². The molecule has 0 aliphatic heterocycles. The molecule has 0 spiro atoms. The van der Waals surface area contributed by atoms with Gasteiger partial charge in [-0.2, -0.15) is 13.5 Å². The van der Waals surface area contributed by atoms with Crippen LogP contribution in [0.5, 0.6) is 11.5 Å². The summed E-state index contributed by atoms with van der Waals surface area (Å²) in [6.45, 7) is 1.78. The Morgan fingerprint density at radius 1 is 1.05 bits per heavy atom. The van der Waals surface area contributed by atoms with Crippen LogP contribution in [0.4, 0.5) is 17.1 Å². The molecule has 39 heavy (non-hydrogen) atoms. The minimum atomic E-state index is -4.71. The number of aryl methyl sites for hydroxylation is 1. The summed E-state index contributed by atoms with van der Waals surface area (Å²) in [7, 11) is -3.29. The summed E-state index contributed by atoms with van der Waals surface area (Å²) in [6, 6.07) is 15.6. The molecule has 0 aliphatic carbocycles. The van der Waals surface area contributed by atoms with Gasteiger partial charge in [0.1, 0.15) is 21.4 Å². The molecule has 9 nitrogen and oxygen atoms in total. The van der Waals surface area contributed by atoms with Gasteiger partial charge in [-0.15, -0.1) is 5.11 Å². The number of halogens is 2. The van der Waals surface area contributed by atoms with Crippen molar-refractivity contribution >= 4 is 67.1 Å². The summed E-state index contributed by atoms with van der Waals surface area (Å²) < 4.78 is 38.9. The Balaban J connectivity index is 0.00000420. The van der Waals surface area contributed by atoms with Gasteiger partial charge in [0.15, 0.2) is 0 Å². The Bertz CT molecular complexity index is 1710. The van der Waals surface area contributed by atoms with Gasteiger partial charge in [-0.05, 0) is 47.7 Å². The molecule has 196 valence electrons. The first-order valence-corrected chi connectivity index (χ1v) is 13.3. The second-order valence-electron chi connectivity index (χ2n) is 8.05. The molecule has 0 aliphatic rings. The standard InChI is InChI=1S/C26H21Cl2N3O6S.Na/c1-3-14-11-18(27)24(21(12-14)38(34,35)36)31-30-23-16-8-5-4-7-15(16)13-17(25(23)32)26(33)29-19-9-6-10-20(37-2)22(19)28;/h4-13,32H,3H2,1-2H3,(H,29,33)(H,34,35,36);/q;+1/p-1. The largest absolute Gasteiger partial charge is 1.00 e. The van der Waals surface area contributed by atoms with Crippen molar-refractivity contribution in [2.45, 2.75) is 18.2 Å². The van der Waals surface area contributed by atoms with Crippen molar-refractivity contribution in [3.05, 3.63) is 81.8 Å². The monoisotopic (exact) mass is 595 g/mol. The van der Waals surface area contributed by atoms with Gasteiger partial charge >= 0.3 is 29.6 Å². The van der Waals surface area contributed by atoms with Crippen molar-refractivity contribution in [3.8, 4) is 11.5 Å². The summed E-state index contributed by atoms with van der Waals surface area (Å²) >= 11 is 12.5. The molecule has 2 N–H and O–H groups in total. The number of hydrogen-bond acceptors (Lipinski definition) is 7. The first-order valence-electron chi connectivity index (χ1n) is 11.1. The summed E-state index contributed by atoms with van der Waals surface area (Å²) in [5.41, 5.74) is -0.0347. The van der Waals surface area contributed by atoms with E-state index in [1.54, 1.807) is 49.4 Å². The molecule has 0 heterocycles. The van der Waals surface area contributed by atoms with E-state index in [4.69, 9.17) is 27.9 Å².